The average Bonchev–Trinajstić information content (AvgIpc) is 3.13. The van der Waals surface area contributed by atoms with E-state index >= 15 is 0 Å². The fourth-order valence-electron chi connectivity index (χ4n) is 2.74. The number of carbonyl (C=O) groups excluding carboxylic acids is 1. The molecule has 1 aromatic heterocycles. The first-order chi connectivity index (χ1) is 11.7. The van der Waals surface area contributed by atoms with E-state index in [0.29, 0.717) is 24.9 Å². The molecule has 7 heteroatoms. The van der Waals surface area contributed by atoms with E-state index in [4.69, 9.17) is 4.74 Å². The summed E-state index contributed by atoms with van der Waals surface area (Å²) in [6.07, 6.45) is 3.78. The topological polar surface area (TPSA) is 72.3 Å². The van der Waals surface area contributed by atoms with Gasteiger partial charge in [-0.25, -0.2) is 4.68 Å². The van der Waals surface area contributed by atoms with Crippen LogP contribution < -0.4 is 10.1 Å². The fraction of sp³-hybridized carbons (Fsp3) is 0.471. The molecule has 0 saturated carbocycles. The number of nitrogens with one attached hydrogen (secondary N) is 1. The Morgan fingerprint density at radius 2 is 2.08 bits per heavy atom. The van der Waals surface area contributed by atoms with Crippen molar-refractivity contribution in [3.05, 3.63) is 42.2 Å². The molecule has 24 heavy (non-hydrogen) atoms. The number of amides is 1. The van der Waals surface area contributed by atoms with E-state index in [2.05, 4.69) is 15.6 Å². The van der Waals surface area contributed by atoms with Gasteiger partial charge in [0.25, 0.3) is 5.91 Å². The SMILES string of the molecule is CN(CCOc1ccccc1)C(=O)c1cn(C2CCNCC2)nn1. The van der Waals surface area contributed by atoms with Gasteiger partial charge in [-0.05, 0) is 38.1 Å². The highest BCUT2D eigenvalue weighted by molar-refractivity contribution is 5.91. The lowest BCUT2D eigenvalue weighted by atomic mass is 10.1. The number of rotatable bonds is 6. The number of hydrogen-bond acceptors (Lipinski definition) is 5. The molecule has 1 N–H and O–H groups in total. The molecule has 1 aliphatic rings. The van der Waals surface area contributed by atoms with Crippen molar-refractivity contribution in [2.75, 3.05) is 33.3 Å². The van der Waals surface area contributed by atoms with Gasteiger partial charge >= 0.3 is 0 Å². The molecular formula is C17H23N5O2. The number of carbonyl (C=O) groups is 1. The zero-order valence-corrected chi connectivity index (χ0v) is 13.9. The minimum absolute atomic E-state index is 0.133. The van der Waals surface area contributed by atoms with Crippen LogP contribution in [0.3, 0.4) is 0 Å². The highest BCUT2D eigenvalue weighted by atomic mass is 16.5. The molecule has 0 atom stereocenters. The van der Waals surface area contributed by atoms with Crippen LogP contribution in [0, 0.1) is 0 Å². The van der Waals surface area contributed by atoms with Crippen molar-refractivity contribution < 1.29 is 9.53 Å². The molecule has 0 aliphatic carbocycles. The van der Waals surface area contributed by atoms with Crippen LogP contribution in [0.4, 0.5) is 0 Å². The average molecular weight is 329 g/mol. The van der Waals surface area contributed by atoms with Crippen molar-refractivity contribution in [1.29, 1.82) is 0 Å². The van der Waals surface area contributed by atoms with Crippen molar-refractivity contribution in [2.24, 2.45) is 0 Å². The van der Waals surface area contributed by atoms with Gasteiger partial charge in [-0.2, -0.15) is 0 Å². The van der Waals surface area contributed by atoms with Gasteiger partial charge in [0, 0.05) is 7.05 Å². The van der Waals surface area contributed by atoms with Crippen LogP contribution in [0.25, 0.3) is 0 Å². The Labute approximate surface area is 141 Å². The summed E-state index contributed by atoms with van der Waals surface area (Å²) < 4.78 is 7.44. The zero-order chi connectivity index (χ0) is 16.8. The van der Waals surface area contributed by atoms with Crippen LogP contribution in [0.5, 0.6) is 5.75 Å². The summed E-state index contributed by atoms with van der Waals surface area (Å²) >= 11 is 0. The highest BCUT2D eigenvalue weighted by Crippen LogP contribution is 2.17. The Hall–Kier alpha value is -2.41. The number of aromatic nitrogens is 3. The minimum atomic E-state index is -0.133. The highest BCUT2D eigenvalue weighted by Gasteiger charge is 2.20. The van der Waals surface area contributed by atoms with E-state index in [1.165, 1.54) is 0 Å². The lowest BCUT2D eigenvalue weighted by molar-refractivity contribution is 0.0768. The number of nitrogens with zero attached hydrogens (tertiary/aromatic N) is 4. The van der Waals surface area contributed by atoms with Crippen LogP contribution >= 0.6 is 0 Å². The van der Waals surface area contributed by atoms with E-state index in [1.54, 1.807) is 18.1 Å². The van der Waals surface area contributed by atoms with Crippen LogP contribution in [0.15, 0.2) is 36.5 Å². The van der Waals surface area contributed by atoms with Crippen molar-refractivity contribution >= 4 is 5.91 Å². The smallest absolute Gasteiger partial charge is 0.275 e. The summed E-state index contributed by atoms with van der Waals surface area (Å²) in [7, 11) is 1.75. The zero-order valence-electron chi connectivity index (χ0n) is 13.9. The Bertz CT molecular complexity index is 652. The Balaban J connectivity index is 1.50. The quantitative estimate of drug-likeness (QED) is 0.866. The fourth-order valence-corrected chi connectivity index (χ4v) is 2.74. The number of ether oxygens (including phenoxy) is 1. The third-order valence-electron chi connectivity index (χ3n) is 4.20. The summed E-state index contributed by atoms with van der Waals surface area (Å²) in [5.41, 5.74) is 0.385. The first-order valence-electron chi connectivity index (χ1n) is 8.30. The lowest BCUT2D eigenvalue weighted by Crippen LogP contribution is -2.31. The predicted molar refractivity (Wildman–Crippen MR) is 90.1 cm³/mol. The van der Waals surface area contributed by atoms with Gasteiger partial charge in [0.2, 0.25) is 0 Å². The minimum Gasteiger partial charge on any atom is -0.492 e. The molecule has 128 valence electrons. The number of benzene rings is 1. The molecule has 0 spiro atoms. The number of hydrogen-bond donors (Lipinski definition) is 1. The molecule has 1 fully saturated rings. The van der Waals surface area contributed by atoms with Gasteiger partial charge in [0.05, 0.1) is 18.8 Å². The summed E-state index contributed by atoms with van der Waals surface area (Å²) in [5.74, 6) is 0.669. The van der Waals surface area contributed by atoms with Gasteiger partial charge in [-0.3, -0.25) is 4.79 Å². The van der Waals surface area contributed by atoms with Gasteiger partial charge < -0.3 is 15.0 Å². The van der Waals surface area contributed by atoms with Crippen LogP contribution in [-0.2, 0) is 0 Å². The largest absolute Gasteiger partial charge is 0.492 e. The first-order valence-corrected chi connectivity index (χ1v) is 8.30. The van der Waals surface area contributed by atoms with Crippen LogP contribution in [-0.4, -0.2) is 59.1 Å². The normalized spacial score (nSPS) is 15.2. The van der Waals surface area contributed by atoms with Gasteiger partial charge in [0.15, 0.2) is 5.69 Å². The first kappa shape index (κ1) is 16.4. The third-order valence-corrected chi connectivity index (χ3v) is 4.20. The molecule has 1 aromatic carbocycles. The van der Waals surface area contributed by atoms with Crippen LogP contribution in [0.2, 0.25) is 0 Å². The lowest BCUT2D eigenvalue weighted by Gasteiger charge is -2.22. The number of piperidine rings is 1. The second-order valence-electron chi connectivity index (χ2n) is 5.95. The van der Waals surface area contributed by atoms with Crippen molar-refractivity contribution in [2.45, 2.75) is 18.9 Å². The summed E-state index contributed by atoms with van der Waals surface area (Å²) in [5, 5.41) is 11.5. The monoisotopic (exact) mass is 329 g/mol. The Morgan fingerprint density at radius 3 is 2.83 bits per heavy atom. The maximum Gasteiger partial charge on any atom is 0.275 e. The van der Waals surface area contributed by atoms with Crippen molar-refractivity contribution in [3.63, 3.8) is 0 Å². The Kier molecular flexibility index (Phi) is 5.43. The van der Waals surface area contributed by atoms with E-state index in [-0.39, 0.29) is 5.91 Å². The van der Waals surface area contributed by atoms with Crippen LogP contribution in [0.1, 0.15) is 29.4 Å². The maximum absolute atomic E-state index is 12.4. The standard InChI is InChI=1S/C17H23N5O2/c1-21(11-12-24-15-5-3-2-4-6-15)17(23)16-13-22(20-19-16)14-7-9-18-10-8-14/h2-6,13-14,18H,7-12H2,1H3. The van der Waals surface area contributed by atoms with Gasteiger partial charge in [-0.1, -0.05) is 23.4 Å². The summed E-state index contributed by atoms with van der Waals surface area (Å²) in [6.45, 7) is 2.89. The molecule has 1 aliphatic heterocycles. The molecular weight excluding hydrogens is 306 g/mol. The molecule has 2 aromatic rings. The van der Waals surface area contributed by atoms with Crippen molar-refractivity contribution in [1.82, 2.24) is 25.2 Å². The van der Waals surface area contributed by atoms with Gasteiger partial charge in [0.1, 0.15) is 12.4 Å². The molecule has 3 rings (SSSR count). The van der Waals surface area contributed by atoms with Crippen molar-refractivity contribution in [3.8, 4) is 5.75 Å². The van der Waals surface area contributed by atoms with E-state index < -0.39 is 0 Å². The Morgan fingerprint density at radius 1 is 1.33 bits per heavy atom. The molecule has 7 nitrogen and oxygen atoms in total. The summed E-state index contributed by atoms with van der Waals surface area (Å²) in [6, 6.07) is 9.90. The maximum atomic E-state index is 12.4. The molecule has 1 amide bonds. The molecule has 2 heterocycles. The third kappa shape index (κ3) is 4.11. The second-order valence-corrected chi connectivity index (χ2v) is 5.95. The predicted octanol–water partition coefficient (Wildman–Crippen LogP) is 1.35. The summed E-state index contributed by atoms with van der Waals surface area (Å²) in [4.78, 5) is 14.0. The van der Waals surface area contributed by atoms with E-state index in [9.17, 15) is 4.79 Å². The number of likely N-dealkylation sites (N-methyl/N-ethyl adjacent to an activating group) is 1. The van der Waals surface area contributed by atoms with E-state index in [0.717, 1.165) is 31.7 Å². The number of para-hydroxylation sites is 1. The van der Waals surface area contributed by atoms with E-state index in [1.807, 2.05) is 35.0 Å². The molecule has 0 bridgehead atoms. The molecule has 0 radical (unpaired) electrons. The van der Waals surface area contributed by atoms with Gasteiger partial charge in [-0.15, -0.1) is 5.10 Å². The molecule has 0 unspecified atom stereocenters. The second kappa shape index (κ2) is 7.92. The molecule has 1 saturated heterocycles.